The lowest BCUT2D eigenvalue weighted by Gasteiger charge is -2.22. The number of anilines is 2. The van der Waals surface area contributed by atoms with E-state index in [2.05, 4.69) is 15.7 Å². The summed E-state index contributed by atoms with van der Waals surface area (Å²) in [5.74, 6) is 0.609. The van der Waals surface area contributed by atoms with Gasteiger partial charge in [-0.25, -0.2) is 4.79 Å². The van der Waals surface area contributed by atoms with Crippen LogP contribution in [0, 0.1) is 0 Å². The molecule has 2 heterocycles. The van der Waals surface area contributed by atoms with Crippen LogP contribution in [0.5, 0.6) is 5.75 Å². The molecule has 3 rings (SSSR count). The van der Waals surface area contributed by atoms with E-state index in [1.54, 1.807) is 36.3 Å². The highest BCUT2D eigenvalue weighted by Gasteiger charge is 2.15. The first-order chi connectivity index (χ1) is 11.7. The van der Waals surface area contributed by atoms with Crippen LogP contribution in [0.25, 0.3) is 0 Å². The van der Waals surface area contributed by atoms with E-state index in [-0.39, 0.29) is 12.1 Å². The summed E-state index contributed by atoms with van der Waals surface area (Å²) in [4.78, 5) is 12.1. The molecule has 1 atom stereocenters. The minimum atomic E-state index is -0.340. The highest BCUT2D eigenvalue weighted by molar-refractivity contribution is 6.00. The van der Waals surface area contributed by atoms with Crippen LogP contribution in [0.4, 0.5) is 16.2 Å². The van der Waals surface area contributed by atoms with Crippen LogP contribution >= 0.6 is 0 Å². The topological polar surface area (TPSA) is 77.4 Å². The molecule has 1 aromatic heterocycles. The molecule has 128 valence electrons. The lowest BCUT2D eigenvalue weighted by molar-refractivity contribution is 0.00401. The smallest absolute Gasteiger partial charge is 0.323 e. The van der Waals surface area contributed by atoms with Crippen molar-refractivity contribution in [1.82, 2.24) is 9.78 Å². The van der Waals surface area contributed by atoms with Crippen LogP contribution in [0.2, 0.25) is 0 Å². The number of nitrogens with one attached hydrogen (secondary N) is 2. The number of carbonyl (C=O) groups excluding carboxylic acids is 1. The summed E-state index contributed by atoms with van der Waals surface area (Å²) in [5, 5.41) is 9.81. The molecule has 1 aromatic carbocycles. The summed E-state index contributed by atoms with van der Waals surface area (Å²) in [6, 6.07) is 6.91. The van der Waals surface area contributed by atoms with Crippen LogP contribution in [-0.4, -0.2) is 35.6 Å². The fourth-order valence-corrected chi connectivity index (χ4v) is 2.72. The number of carbonyl (C=O) groups is 1. The first kappa shape index (κ1) is 16.3. The lowest BCUT2D eigenvalue weighted by Crippen LogP contribution is -2.24. The molecule has 1 fully saturated rings. The minimum Gasteiger partial charge on any atom is -0.495 e. The fraction of sp³-hybridized carbons (Fsp3) is 0.412. The molecular formula is C17H22N4O3. The first-order valence-electron chi connectivity index (χ1n) is 8.09. The molecule has 24 heavy (non-hydrogen) atoms. The molecule has 0 spiro atoms. The van der Waals surface area contributed by atoms with Crippen molar-refractivity contribution in [3.8, 4) is 5.75 Å². The van der Waals surface area contributed by atoms with E-state index in [9.17, 15) is 4.79 Å². The Morgan fingerprint density at radius 2 is 2.25 bits per heavy atom. The van der Waals surface area contributed by atoms with Crippen molar-refractivity contribution in [3.05, 3.63) is 36.7 Å². The second kappa shape index (κ2) is 7.83. The van der Waals surface area contributed by atoms with E-state index in [4.69, 9.17) is 9.47 Å². The van der Waals surface area contributed by atoms with Crippen molar-refractivity contribution in [2.45, 2.75) is 31.9 Å². The van der Waals surface area contributed by atoms with Crippen LogP contribution in [-0.2, 0) is 11.3 Å². The number of amides is 2. The highest BCUT2D eigenvalue weighted by Crippen LogP contribution is 2.23. The number of benzene rings is 1. The van der Waals surface area contributed by atoms with Crippen LogP contribution < -0.4 is 15.4 Å². The Hall–Kier alpha value is -2.54. The maximum atomic E-state index is 12.1. The van der Waals surface area contributed by atoms with Crippen LogP contribution in [0.15, 0.2) is 36.7 Å². The molecule has 0 aliphatic carbocycles. The second-order valence-electron chi connectivity index (χ2n) is 5.72. The molecule has 0 unspecified atom stereocenters. The number of rotatable bonds is 5. The second-order valence-corrected chi connectivity index (χ2v) is 5.72. The molecule has 7 nitrogen and oxygen atoms in total. The van der Waals surface area contributed by atoms with E-state index in [0.29, 0.717) is 23.7 Å². The van der Waals surface area contributed by atoms with Crippen molar-refractivity contribution in [2.24, 2.45) is 0 Å². The predicted octanol–water partition coefficient (Wildman–Crippen LogP) is 3.10. The summed E-state index contributed by atoms with van der Waals surface area (Å²) in [6.07, 6.45) is 7.01. The molecule has 2 amide bonds. The molecule has 0 saturated carbocycles. The van der Waals surface area contributed by atoms with Gasteiger partial charge < -0.3 is 20.1 Å². The third-order valence-electron chi connectivity index (χ3n) is 3.91. The fourth-order valence-electron chi connectivity index (χ4n) is 2.72. The number of ether oxygens (including phenoxy) is 2. The van der Waals surface area contributed by atoms with Gasteiger partial charge in [0.05, 0.1) is 37.3 Å². The molecule has 1 saturated heterocycles. The van der Waals surface area contributed by atoms with Crippen molar-refractivity contribution in [3.63, 3.8) is 0 Å². The number of urea groups is 1. The number of hydrogen-bond acceptors (Lipinski definition) is 4. The zero-order valence-electron chi connectivity index (χ0n) is 13.7. The Morgan fingerprint density at radius 3 is 3.04 bits per heavy atom. The van der Waals surface area contributed by atoms with Gasteiger partial charge in [-0.15, -0.1) is 0 Å². The van der Waals surface area contributed by atoms with E-state index in [0.717, 1.165) is 19.4 Å². The van der Waals surface area contributed by atoms with E-state index in [1.165, 1.54) is 6.42 Å². The van der Waals surface area contributed by atoms with Gasteiger partial charge in [-0.1, -0.05) is 12.1 Å². The van der Waals surface area contributed by atoms with Crippen LogP contribution in [0.1, 0.15) is 19.3 Å². The molecule has 2 aromatic rings. The molecule has 1 aliphatic rings. The molecule has 1 aliphatic heterocycles. The van der Waals surface area contributed by atoms with Gasteiger partial charge in [-0.2, -0.15) is 5.10 Å². The van der Waals surface area contributed by atoms with Gasteiger partial charge in [-0.3, -0.25) is 4.68 Å². The quantitative estimate of drug-likeness (QED) is 0.883. The maximum Gasteiger partial charge on any atom is 0.323 e. The van der Waals surface area contributed by atoms with Gasteiger partial charge >= 0.3 is 6.03 Å². The summed E-state index contributed by atoms with van der Waals surface area (Å²) in [7, 11) is 1.57. The Balaban J connectivity index is 1.55. The van der Waals surface area contributed by atoms with E-state index in [1.807, 2.05) is 12.1 Å². The number of methoxy groups -OCH3 is 1. The van der Waals surface area contributed by atoms with Gasteiger partial charge in [0.1, 0.15) is 5.75 Å². The molecular weight excluding hydrogens is 308 g/mol. The standard InChI is InChI=1S/C17H22N4O3/c1-23-16-8-3-2-7-15(16)20-17(22)19-13-10-18-21(11-13)12-14-6-4-5-9-24-14/h2-3,7-8,10-11,14H,4-6,9,12H2,1H3,(H2,19,20,22)/t14-/m1/s1. The monoisotopic (exact) mass is 330 g/mol. The van der Waals surface area contributed by atoms with Crippen molar-refractivity contribution >= 4 is 17.4 Å². The molecule has 7 heteroatoms. The average molecular weight is 330 g/mol. The number of para-hydroxylation sites is 2. The zero-order valence-corrected chi connectivity index (χ0v) is 13.7. The number of nitrogens with zero attached hydrogens (tertiary/aromatic N) is 2. The maximum absolute atomic E-state index is 12.1. The molecule has 2 N–H and O–H groups in total. The van der Waals surface area contributed by atoms with Crippen molar-refractivity contribution < 1.29 is 14.3 Å². The Labute approximate surface area is 140 Å². The Morgan fingerprint density at radius 1 is 1.38 bits per heavy atom. The Bertz CT molecular complexity index is 680. The van der Waals surface area contributed by atoms with Crippen LogP contribution in [0.3, 0.4) is 0 Å². The van der Waals surface area contributed by atoms with Crippen molar-refractivity contribution in [2.75, 3.05) is 24.4 Å². The number of aromatic nitrogens is 2. The zero-order chi connectivity index (χ0) is 16.8. The largest absolute Gasteiger partial charge is 0.495 e. The Kier molecular flexibility index (Phi) is 5.32. The summed E-state index contributed by atoms with van der Waals surface area (Å²) < 4.78 is 12.7. The third kappa shape index (κ3) is 4.26. The van der Waals surface area contributed by atoms with Gasteiger partial charge in [0.2, 0.25) is 0 Å². The summed E-state index contributed by atoms with van der Waals surface area (Å²) in [5.41, 5.74) is 1.25. The normalized spacial score (nSPS) is 17.3. The van der Waals surface area contributed by atoms with Gasteiger partial charge in [0.25, 0.3) is 0 Å². The van der Waals surface area contributed by atoms with Gasteiger partial charge in [0.15, 0.2) is 0 Å². The highest BCUT2D eigenvalue weighted by atomic mass is 16.5. The van der Waals surface area contributed by atoms with Gasteiger partial charge in [0, 0.05) is 12.8 Å². The number of hydrogen-bond donors (Lipinski definition) is 2. The molecule has 0 radical (unpaired) electrons. The first-order valence-corrected chi connectivity index (χ1v) is 8.09. The minimum absolute atomic E-state index is 0.203. The average Bonchev–Trinajstić information content (AvgIpc) is 3.03. The van der Waals surface area contributed by atoms with Crippen molar-refractivity contribution in [1.29, 1.82) is 0 Å². The third-order valence-corrected chi connectivity index (χ3v) is 3.91. The summed E-state index contributed by atoms with van der Waals surface area (Å²) >= 11 is 0. The van der Waals surface area contributed by atoms with Gasteiger partial charge in [-0.05, 0) is 31.4 Å². The predicted molar refractivity (Wildman–Crippen MR) is 91.5 cm³/mol. The van der Waals surface area contributed by atoms with E-state index < -0.39 is 0 Å². The molecule has 0 bridgehead atoms. The summed E-state index contributed by atoms with van der Waals surface area (Å²) in [6.45, 7) is 1.52. The lowest BCUT2D eigenvalue weighted by atomic mass is 10.1. The van der Waals surface area contributed by atoms with E-state index >= 15 is 0 Å². The SMILES string of the molecule is COc1ccccc1NC(=O)Nc1cnn(C[C@H]2CCCCO2)c1.